The van der Waals surface area contributed by atoms with Gasteiger partial charge in [-0.15, -0.1) is 0 Å². The van der Waals surface area contributed by atoms with Gasteiger partial charge in [0.25, 0.3) is 0 Å². The lowest BCUT2D eigenvalue weighted by atomic mass is 9.82. The summed E-state index contributed by atoms with van der Waals surface area (Å²) in [5, 5.41) is 0. The summed E-state index contributed by atoms with van der Waals surface area (Å²) in [5.74, 6) is -0.0788. The number of benzene rings is 2. The van der Waals surface area contributed by atoms with E-state index < -0.39 is 15.8 Å². The van der Waals surface area contributed by atoms with E-state index in [-0.39, 0.29) is 11.8 Å². The third kappa shape index (κ3) is 4.65. The molecule has 0 amide bonds. The standard InChI is InChI=1S/C19H22FNO2S/c20-18-8-4-5-15(13-18)14-24(22,23)21-19-11-9-17(10-12-19)16-6-2-1-3-7-16/h1-8,13,17,19,21H,9-12,14H2. The molecule has 1 fully saturated rings. The molecule has 0 radical (unpaired) electrons. The molecule has 128 valence electrons. The van der Waals surface area contributed by atoms with Gasteiger partial charge in [-0.05, 0) is 54.9 Å². The maximum Gasteiger partial charge on any atom is 0.216 e. The molecule has 2 aromatic carbocycles. The molecular weight excluding hydrogens is 325 g/mol. The van der Waals surface area contributed by atoms with Crippen molar-refractivity contribution >= 4 is 10.0 Å². The summed E-state index contributed by atoms with van der Waals surface area (Å²) >= 11 is 0. The van der Waals surface area contributed by atoms with Crippen LogP contribution in [0.1, 0.15) is 42.7 Å². The van der Waals surface area contributed by atoms with Crippen LogP contribution in [0.4, 0.5) is 4.39 Å². The van der Waals surface area contributed by atoms with Gasteiger partial charge in [-0.3, -0.25) is 0 Å². The van der Waals surface area contributed by atoms with Crippen molar-refractivity contribution in [3.8, 4) is 0 Å². The molecule has 0 heterocycles. The van der Waals surface area contributed by atoms with E-state index in [4.69, 9.17) is 0 Å². The first-order valence-electron chi connectivity index (χ1n) is 8.31. The first-order chi connectivity index (χ1) is 11.5. The second-order valence-electron chi connectivity index (χ2n) is 6.47. The number of hydrogen-bond donors (Lipinski definition) is 1. The summed E-state index contributed by atoms with van der Waals surface area (Å²) < 4.78 is 40.6. The molecule has 1 aliphatic rings. The predicted molar refractivity (Wildman–Crippen MR) is 93.6 cm³/mol. The lowest BCUT2D eigenvalue weighted by Crippen LogP contribution is -2.38. The van der Waals surface area contributed by atoms with Crippen LogP contribution in [0.15, 0.2) is 54.6 Å². The summed E-state index contributed by atoms with van der Waals surface area (Å²) in [7, 11) is -3.45. The van der Waals surface area contributed by atoms with Crippen molar-refractivity contribution < 1.29 is 12.8 Å². The SMILES string of the molecule is O=S(=O)(Cc1cccc(F)c1)NC1CCC(c2ccccc2)CC1. The van der Waals surface area contributed by atoms with Gasteiger partial charge in [0.1, 0.15) is 5.82 Å². The molecule has 0 unspecified atom stereocenters. The second kappa shape index (κ2) is 7.45. The lowest BCUT2D eigenvalue weighted by molar-refractivity contribution is 0.374. The van der Waals surface area contributed by atoms with E-state index in [1.807, 2.05) is 18.2 Å². The quantitative estimate of drug-likeness (QED) is 0.889. The fraction of sp³-hybridized carbons (Fsp3) is 0.368. The molecule has 5 heteroatoms. The highest BCUT2D eigenvalue weighted by Gasteiger charge is 2.25. The Morgan fingerprint density at radius 2 is 1.67 bits per heavy atom. The maximum absolute atomic E-state index is 13.2. The number of hydrogen-bond acceptors (Lipinski definition) is 2. The molecule has 0 aromatic heterocycles. The van der Waals surface area contributed by atoms with Crippen molar-refractivity contribution in [3.05, 3.63) is 71.5 Å². The van der Waals surface area contributed by atoms with Gasteiger partial charge in [-0.25, -0.2) is 17.5 Å². The van der Waals surface area contributed by atoms with E-state index in [0.29, 0.717) is 11.5 Å². The van der Waals surface area contributed by atoms with Gasteiger partial charge in [0, 0.05) is 6.04 Å². The summed E-state index contributed by atoms with van der Waals surface area (Å²) in [4.78, 5) is 0. The van der Waals surface area contributed by atoms with Gasteiger partial charge < -0.3 is 0 Å². The van der Waals surface area contributed by atoms with Gasteiger partial charge in [-0.1, -0.05) is 42.5 Å². The van der Waals surface area contributed by atoms with Crippen molar-refractivity contribution in [1.82, 2.24) is 4.72 Å². The highest BCUT2D eigenvalue weighted by Crippen LogP contribution is 2.33. The average molecular weight is 347 g/mol. The molecule has 0 aliphatic heterocycles. The molecule has 0 saturated heterocycles. The van der Waals surface area contributed by atoms with Crippen LogP contribution < -0.4 is 4.72 Å². The van der Waals surface area contributed by atoms with Crippen LogP contribution >= 0.6 is 0 Å². The Kier molecular flexibility index (Phi) is 5.31. The van der Waals surface area contributed by atoms with Crippen LogP contribution in [-0.2, 0) is 15.8 Å². The zero-order chi connectivity index (χ0) is 17.0. The number of halogens is 1. The normalized spacial score (nSPS) is 21.5. The Hall–Kier alpha value is -1.72. The molecule has 2 aromatic rings. The van der Waals surface area contributed by atoms with E-state index in [2.05, 4.69) is 16.9 Å². The maximum atomic E-state index is 13.2. The Morgan fingerprint density at radius 1 is 0.958 bits per heavy atom. The van der Waals surface area contributed by atoms with Gasteiger partial charge in [0.05, 0.1) is 5.75 Å². The van der Waals surface area contributed by atoms with Gasteiger partial charge in [0.2, 0.25) is 10.0 Å². The van der Waals surface area contributed by atoms with Gasteiger partial charge in [0.15, 0.2) is 0 Å². The van der Waals surface area contributed by atoms with Crippen molar-refractivity contribution in [2.75, 3.05) is 0 Å². The Morgan fingerprint density at radius 3 is 2.33 bits per heavy atom. The molecule has 0 bridgehead atoms. The molecule has 0 spiro atoms. The van der Waals surface area contributed by atoms with Crippen molar-refractivity contribution in [2.24, 2.45) is 0 Å². The molecular formula is C19H22FNO2S. The number of nitrogens with one attached hydrogen (secondary N) is 1. The first kappa shape index (κ1) is 17.1. The van der Waals surface area contributed by atoms with E-state index in [1.165, 1.54) is 23.8 Å². The monoisotopic (exact) mass is 347 g/mol. The molecule has 1 N–H and O–H groups in total. The van der Waals surface area contributed by atoms with E-state index in [1.54, 1.807) is 6.07 Å². The topological polar surface area (TPSA) is 46.2 Å². The van der Waals surface area contributed by atoms with E-state index >= 15 is 0 Å². The Balaban J connectivity index is 1.55. The predicted octanol–water partition coefficient (Wildman–Crippen LogP) is 3.97. The minimum Gasteiger partial charge on any atom is -0.212 e. The zero-order valence-corrected chi connectivity index (χ0v) is 14.3. The fourth-order valence-electron chi connectivity index (χ4n) is 3.41. The molecule has 3 rings (SSSR count). The minimum absolute atomic E-state index is 0.0245. The van der Waals surface area contributed by atoms with Crippen LogP contribution in [0.3, 0.4) is 0 Å². The largest absolute Gasteiger partial charge is 0.216 e. The van der Waals surface area contributed by atoms with Crippen molar-refractivity contribution in [3.63, 3.8) is 0 Å². The summed E-state index contributed by atoms with van der Waals surface area (Å²) in [5.41, 5.74) is 1.80. The number of rotatable bonds is 5. The third-order valence-electron chi connectivity index (χ3n) is 4.59. The van der Waals surface area contributed by atoms with Gasteiger partial charge >= 0.3 is 0 Å². The average Bonchev–Trinajstić information content (AvgIpc) is 2.55. The smallest absolute Gasteiger partial charge is 0.212 e. The summed E-state index contributed by atoms with van der Waals surface area (Å²) in [6, 6.07) is 16.1. The minimum atomic E-state index is -3.45. The highest BCUT2D eigenvalue weighted by atomic mass is 32.2. The van der Waals surface area contributed by atoms with E-state index in [9.17, 15) is 12.8 Å². The Bertz CT molecular complexity index is 769. The Labute approximate surface area is 143 Å². The summed E-state index contributed by atoms with van der Waals surface area (Å²) in [6.45, 7) is 0. The van der Waals surface area contributed by atoms with Crippen LogP contribution in [0.5, 0.6) is 0 Å². The highest BCUT2D eigenvalue weighted by molar-refractivity contribution is 7.88. The summed E-state index contributed by atoms with van der Waals surface area (Å²) in [6.07, 6.45) is 3.64. The molecule has 1 saturated carbocycles. The zero-order valence-electron chi connectivity index (χ0n) is 13.5. The molecule has 1 aliphatic carbocycles. The fourth-order valence-corrected chi connectivity index (χ4v) is 4.86. The van der Waals surface area contributed by atoms with Gasteiger partial charge in [-0.2, -0.15) is 0 Å². The van der Waals surface area contributed by atoms with Crippen molar-refractivity contribution in [1.29, 1.82) is 0 Å². The molecule has 24 heavy (non-hydrogen) atoms. The van der Waals surface area contributed by atoms with Crippen LogP contribution in [-0.4, -0.2) is 14.5 Å². The van der Waals surface area contributed by atoms with Crippen LogP contribution in [0, 0.1) is 5.82 Å². The van der Waals surface area contributed by atoms with Crippen LogP contribution in [0.25, 0.3) is 0 Å². The van der Waals surface area contributed by atoms with Crippen molar-refractivity contribution in [2.45, 2.75) is 43.4 Å². The lowest BCUT2D eigenvalue weighted by Gasteiger charge is -2.29. The second-order valence-corrected chi connectivity index (χ2v) is 8.22. The third-order valence-corrected chi connectivity index (χ3v) is 6.00. The number of sulfonamides is 1. The molecule has 3 nitrogen and oxygen atoms in total. The first-order valence-corrected chi connectivity index (χ1v) is 9.96. The van der Waals surface area contributed by atoms with E-state index in [0.717, 1.165) is 25.7 Å². The molecule has 0 atom stereocenters. The van der Waals surface area contributed by atoms with Crippen LogP contribution in [0.2, 0.25) is 0 Å².